The molecule has 0 fully saturated rings. The van der Waals surface area contributed by atoms with Crippen LogP contribution < -0.4 is 10.5 Å². The molecule has 0 bridgehead atoms. The van der Waals surface area contributed by atoms with Crippen molar-refractivity contribution in [2.75, 3.05) is 5.73 Å². The fraction of sp³-hybridized carbons (Fsp3) is 0.167. The summed E-state index contributed by atoms with van der Waals surface area (Å²) in [6, 6.07) is 7.45. The zero-order chi connectivity index (χ0) is 14.0. The predicted molar refractivity (Wildman–Crippen MR) is 76.0 cm³/mol. The Kier molecular flexibility index (Phi) is 3.98. The van der Waals surface area contributed by atoms with Crippen LogP contribution in [0.1, 0.15) is 18.7 Å². The Morgan fingerprint density at radius 2 is 2.11 bits per heavy atom. The zero-order valence-corrected chi connectivity index (χ0v) is 12.5. The SMILES string of the molecule is CC(NS(=O)(=O)c1ccc(Br)c(N)c1)c1ccco1. The third-order valence-electron chi connectivity index (χ3n) is 2.58. The predicted octanol–water partition coefficient (Wildman–Crippen LogP) is 2.66. The van der Waals surface area contributed by atoms with Crippen molar-refractivity contribution in [1.82, 2.24) is 4.72 Å². The highest BCUT2D eigenvalue weighted by molar-refractivity contribution is 9.10. The molecule has 1 aromatic carbocycles. The summed E-state index contributed by atoms with van der Waals surface area (Å²) in [6.07, 6.45) is 1.50. The number of furan rings is 1. The van der Waals surface area contributed by atoms with Crippen LogP contribution in [0.3, 0.4) is 0 Å². The van der Waals surface area contributed by atoms with E-state index in [1.54, 1.807) is 25.1 Å². The molecule has 19 heavy (non-hydrogen) atoms. The van der Waals surface area contributed by atoms with Crippen LogP contribution in [0.25, 0.3) is 0 Å². The minimum absolute atomic E-state index is 0.117. The van der Waals surface area contributed by atoms with Crippen molar-refractivity contribution in [3.63, 3.8) is 0 Å². The normalized spacial score (nSPS) is 13.4. The summed E-state index contributed by atoms with van der Waals surface area (Å²) in [5.41, 5.74) is 6.05. The molecule has 2 aromatic rings. The van der Waals surface area contributed by atoms with Gasteiger partial charge in [-0.1, -0.05) is 0 Å². The summed E-state index contributed by atoms with van der Waals surface area (Å²) in [7, 11) is -3.64. The van der Waals surface area contributed by atoms with E-state index in [-0.39, 0.29) is 4.90 Å². The minimum atomic E-state index is -3.64. The lowest BCUT2D eigenvalue weighted by Crippen LogP contribution is -2.26. The largest absolute Gasteiger partial charge is 0.468 e. The maximum atomic E-state index is 12.2. The zero-order valence-electron chi connectivity index (χ0n) is 10.1. The van der Waals surface area contributed by atoms with Crippen LogP contribution in [0.5, 0.6) is 0 Å². The molecular formula is C12H13BrN2O3S. The molecule has 1 atom stereocenters. The Morgan fingerprint density at radius 3 is 2.68 bits per heavy atom. The Morgan fingerprint density at radius 1 is 1.37 bits per heavy atom. The molecule has 102 valence electrons. The summed E-state index contributed by atoms with van der Waals surface area (Å²) < 4.78 is 32.7. The van der Waals surface area contributed by atoms with Gasteiger partial charge >= 0.3 is 0 Å². The first-order chi connectivity index (χ1) is 8.90. The first-order valence-electron chi connectivity index (χ1n) is 5.51. The quantitative estimate of drug-likeness (QED) is 0.835. The second-order valence-electron chi connectivity index (χ2n) is 4.04. The Labute approximate surface area is 120 Å². The van der Waals surface area contributed by atoms with Gasteiger partial charge in [0.15, 0.2) is 0 Å². The number of sulfonamides is 1. The van der Waals surface area contributed by atoms with Crippen LogP contribution in [0.4, 0.5) is 5.69 Å². The number of anilines is 1. The first kappa shape index (κ1) is 14.1. The van der Waals surface area contributed by atoms with Gasteiger partial charge < -0.3 is 10.2 Å². The van der Waals surface area contributed by atoms with Crippen LogP contribution in [0.15, 0.2) is 50.4 Å². The van der Waals surface area contributed by atoms with E-state index in [9.17, 15) is 8.42 Å². The maximum Gasteiger partial charge on any atom is 0.241 e. The third kappa shape index (κ3) is 3.17. The number of nitrogen functional groups attached to an aromatic ring is 1. The number of hydrogen-bond donors (Lipinski definition) is 2. The summed E-state index contributed by atoms with van der Waals surface area (Å²) in [6.45, 7) is 1.71. The van der Waals surface area contributed by atoms with Gasteiger partial charge in [-0.05, 0) is 53.2 Å². The second-order valence-corrected chi connectivity index (χ2v) is 6.61. The molecule has 3 N–H and O–H groups in total. The van der Waals surface area contributed by atoms with Gasteiger partial charge in [0, 0.05) is 10.2 Å². The molecule has 0 aliphatic carbocycles. The lowest BCUT2D eigenvalue weighted by molar-refractivity contribution is 0.459. The number of nitrogens with two attached hydrogens (primary N) is 1. The minimum Gasteiger partial charge on any atom is -0.468 e. The first-order valence-corrected chi connectivity index (χ1v) is 7.78. The molecule has 0 saturated heterocycles. The standard InChI is InChI=1S/C12H13BrN2O3S/c1-8(12-3-2-6-18-12)15-19(16,17)9-4-5-10(13)11(14)7-9/h2-8,15H,14H2,1H3. The van der Waals surface area contributed by atoms with Crippen LogP contribution >= 0.6 is 15.9 Å². The molecule has 5 nitrogen and oxygen atoms in total. The fourth-order valence-corrected chi connectivity index (χ4v) is 3.08. The van der Waals surface area contributed by atoms with Gasteiger partial charge in [0.05, 0.1) is 17.2 Å². The van der Waals surface area contributed by atoms with E-state index in [4.69, 9.17) is 10.2 Å². The highest BCUT2D eigenvalue weighted by Crippen LogP contribution is 2.24. The van der Waals surface area contributed by atoms with Crippen LogP contribution in [0, 0.1) is 0 Å². The van der Waals surface area contributed by atoms with Crippen molar-refractivity contribution in [2.45, 2.75) is 17.9 Å². The molecular weight excluding hydrogens is 332 g/mol. The molecule has 1 heterocycles. The number of halogens is 1. The smallest absolute Gasteiger partial charge is 0.241 e. The molecule has 2 rings (SSSR count). The van der Waals surface area contributed by atoms with Gasteiger partial charge in [-0.15, -0.1) is 0 Å². The van der Waals surface area contributed by atoms with Gasteiger partial charge in [0.25, 0.3) is 0 Å². The molecule has 0 radical (unpaired) electrons. The molecule has 0 amide bonds. The van der Waals surface area contributed by atoms with Crippen LogP contribution in [-0.4, -0.2) is 8.42 Å². The van der Waals surface area contributed by atoms with E-state index in [1.807, 2.05) is 0 Å². The molecule has 1 aromatic heterocycles. The van der Waals surface area contributed by atoms with Crippen molar-refractivity contribution >= 4 is 31.6 Å². The lowest BCUT2D eigenvalue weighted by atomic mass is 10.3. The number of rotatable bonds is 4. The van der Waals surface area contributed by atoms with Crippen molar-refractivity contribution in [2.24, 2.45) is 0 Å². The van der Waals surface area contributed by atoms with Gasteiger partial charge in [-0.2, -0.15) is 0 Å². The van der Waals surface area contributed by atoms with E-state index < -0.39 is 16.1 Å². The topological polar surface area (TPSA) is 85.3 Å². The highest BCUT2D eigenvalue weighted by atomic mass is 79.9. The number of benzene rings is 1. The maximum absolute atomic E-state index is 12.2. The van der Waals surface area contributed by atoms with E-state index >= 15 is 0 Å². The number of nitrogens with one attached hydrogen (secondary N) is 1. The van der Waals surface area contributed by atoms with E-state index in [0.29, 0.717) is 15.9 Å². The van der Waals surface area contributed by atoms with Gasteiger partial charge in [0.2, 0.25) is 10.0 Å². The number of hydrogen-bond acceptors (Lipinski definition) is 4. The monoisotopic (exact) mass is 344 g/mol. The van der Waals surface area contributed by atoms with E-state index in [0.717, 1.165) is 0 Å². The van der Waals surface area contributed by atoms with Crippen molar-refractivity contribution in [3.8, 4) is 0 Å². The summed E-state index contributed by atoms with van der Waals surface area (Å²) in [5.74, 6) is 0.550. The summed E-state index contributed by atoms with van der Waals surface area (Å²) in [4.78, 5) is 0.117. The molecule has 1 unspecified atom stereocenters. The van der Waals surface area contributed by atoms with E-state index in [2.05, 4.69) is 20.7 Å². The molecule has 0 spiro atoms. The van der Waals surface area contributed by atoms with Crippen LogP contribution in [0.2, 0.25) is 0 Å². The summed E-state index contributed by atoms with van der Waals surface area (Å²) in [5, 5.41) is 0. The molecule has 0 aliphatic heterocycles. The molecule has 0 saturated carbocycles. The van der Waals surface area contributed by atoms with E-state index in [1.165, 1.54) is 18.4 Å². The average Bonchev–Trinajstić information content (AvgIpc) is 2.85. The fourth-order valence-electron chi connectivity index (χ4n) is 1.59. The third-order valence-corrected chi connectivity index (χ3v) is 4.84. The Hall–Kier alpha value is -1.31. The molecule has 0 aliphatic rings. The second kappa shape index (κ2) is 5.36. The Balaban J connectivity index is 2.25. The van der Waals surface area contributed by atoms with Gasteiger partial charge in [0.1, 0.15) is 5.76 Å². The highest BCUT2D eigenvalue weighted by Gasteiger charge is 2.20. The lowest BCUT2D eigenvalue weighted by Gasteiger charge is -2.12. The van der Waals surface area contributed by atoms with Crippen molar-refractivity contribution in [3.05, 3.63) is 46.8 Å². The van der Waals surface area contributed by atoms with Crippen molar-refractivity contribution in [1.29, 1.82) is 0 Å². The van der Waals surface area contributed by atoms with Gasteiger partial charge in [-0.25, -0.2) is 13.1 Å². The Bertz CT molecular complexity index is 668. The van der Waals surface area contributed by atoms with Crippen LogP contribution in [-0.2, 0) is 10.0 Å². The molecule has 7 heteroatoms. The van der Waals surface area contributed by atoms with Crippen molar-refractivity contribution < 1.29 is 12.8 Å². The van der Waals surface area contributed by atoms with Gasteiger partial charge in [-0.3, -0.25) is 0 Å². The summed E-state index contributed by atoms with van der Waals surface area (Å²) >= 11 is 3.22. The average molecular weight is 345 g/mol.